The zero-order chi connectivity index (χ0) is 13.7. The number of rotatable bonds is 2. The smallest absolute Gasteiger partial charge is 0.399 e. The average molecular weight is 288 g/mol. The van der Waals surface area contributed by atoms with Crippen LogP contribution in [0.1, 0.15) is 37.4 Å². The largest absolute Gasteiger partial charge is 0.496 e. The SMILES string of the molecule is CC1(C)OB(c2cc(Cl)sc2C(N)=O)OC1(C)C. The van der Waals surface area contributed by atoms with Gasteiger partial charge in [-0.3, -0.25) is 4.79 Å². The maximum atomic E-state index is 11.4. The van der Waals surface area contributed by atoms with Crippen LogP contribution in [0, 0.1) is 0 Å². The van der Waals surface area contributed by atoms with Gasteiger partial charge in [-0.25, -0.2) is 0 Å². The van der Waals surface area contributed by atoms with Gasteiger partial charge < -0.3 is 15.0 Å². The number of halogens is 1. The number of carbonyl (C=O) groups is 1. The number of primary amides is 1. The summed E-state index contributed by atoms with van der Waals surface area (Å²) >= 11 is 7.07. The molecule has 0 saturated carbocycles. The molecule has 0 radical (unpaired) electrons. The molecular formula is C11H15BClNO3S. The first kappa shape index (κ1) is 13.9. The third kappa shape index (κ3) is 2.18. The van der Waals surface area contributed by atoms with E-state index in [4.69, 9.17) is 26.6 Å². The summed E-state index contributed by atoms with van der Waals surface area (Å²) in [5, 5.41) is 0. The monoisotopic (exact) mass is 287 g/mol. The Bertz CT molecular complexity index is 484. The molecule has 0 spiro atoms. The normalized spacial score (nSPS) is 21.3. The lowest BCUT2D eigenvalue weighted by molar-refractivity contribution is 0.00578. The minimum absolute atomic E-state index is 0.388. The maximum Gasteiger partial charge on any atom is 0.496 e. The molecular weight excluding hydrogens is 272 g/mol. The molecule has 1 fully saturated rings. The van der Waals surface area contributed by atoms with Gasteiger partial charge in [0.05, 0.1) is 20.4 Å². The van der Waals surface area contributed by atoms with Crippen molar-refractivity contribution in [3.05, 3.63) is 15.3 Å². The molecule has 4 nitrogen and oxygen atoms in total. The average Bonchev–Trinajstić information content (AvgIpc) is 2.66. The highest BCUT2D eigenvalue weighted by Gasteiger charge is 2.52. The molecule has 0 bridgehead atoms. The number of carbonyl (C=O) groups excluding carboxylic acids is 1. The fraction of sp³-hybridized carbons (Fsp3) is 0.545. The van der Waals surface area contributed by atoms with Crippen molar-refractivity contribution in [1.29, 1.82) is 0 Å². The predicted octanol–water partition coefficient (Wildman–Crippen LogP) is 1.80. The molecule has 0 aromatic carbocycles. The van der Waals surface area contributed by atoms with Crippen molar-refractivity contribution in [1.82, 2.24) is 0 Å². The molecule has 98 valence electrons. The van der Waals surface area contributed by atoms with Crippen LogP contribution >= 0.6 is 22.9 Å². The van der Waals surface area contributed by atoms with Crippen LogP contribution in [-0.4, -0.2) is 24.2 Å². The molecule has 0 aliphatic carbocycles. The van der Waals surface area contributed by atoms with Crippen molar-refractivity contribution in [2.45, 2.75) is 38.9 Å². The summed E-state index contributed by atoms with van der Waals surface area (Å²) in [6, 6.07) is 1.68. The van der Waals surface area contributed by atoms with Crippen LogP contribution in [-0.2, 0) is 9.31 Å². The molecule has 7 heteroatoms. The molecule has 1 amide bonds. The lowest BCUT2D eigenvalue weighted by atomic mass is 9.79. The Hall–Kier alpha value is -0.555. The minimum atomic E-state index is -0.610. The first-order valence-corrected chi connectivity index (χ1v) is 6.78. The first-order valence-electron chi connectivity index (χ1n) is 5.59. The molecule has 2 N–H and O–H groups in total. The van der Waals surface area contributed by atoms with Gasteiger partial charge in [0.2, 0.25) is 0 Å². The van der Waals surface area contributed by atoms with Crippen LogP contribution in [0.25, 0.3) is 0 Å². The second-order valence-electron chi connectivity index (χ2n) is 5.29. The van der Waals surface area contributed by atoms with E-state index in [1.165, 1.54) is 0 Å². The van der Waals surface area contributed by atoms with Crippen LogP contribution in [0.15, 0.2) is 6.07 Å². The molecule has 0 atom stereocenters. The third-order valence-corrected chi connectivity index (χ3v) is 4.76. The highest BCUT2D eigenvalue weighted by molar-refractivity contribution is 7.19. The van der Waals surface area contributed by atoms with Crippen molar-refractivity contribution in [2.24, 2.45) is 5.73 Å². The zero-order valence-corrected chi connectivity index (χ0v) is 12.3. The summed E-state index contributed by atoms with van der Waals surface area (Å²) in [4.78, 5) is 11.8. The summed E-state index contributed by atoms with van der Waals surface area (Å²) < 4.78 is 12.2. The van der Waals surface area contributed by atoms with Gasteiger partial charge in [0.15, 0.2) is 0 Å². The van der Waals surface area contributed by atoms with Gasteiger partial charge in [0.25, 0.3) is 5.91 Å². The Balaban J connectivity index is 2.38. The van der Waals surface area contributed by atoms with Crippen LogP contribution < -0.4 is 11.2 Å². The van der Waals surface area contributed by atoms with Crippen LogP contribution in [0.2, 0.25) is 4.34 Å². The quantitative estimate of drug-likeness (QED) is 0.844. The van der Waals surface area contributed by atoms with Gasteiger partial charge in [-0.1, -0.05) is 11.6 Å². The summed E-state index contributed by atoms with van der Waals surface area (Å²) in [5.41, 5.74) is 5.03. The first-order chi connectivity index (χ1) is 8.14. The van der Waals surface area contributed by atoms with E-state index in [0.29, 0.717) is 14.7 Å². The van der Waals surface area contributed by atoms with Gasteiger partial charge in [-0.15, -0.1) is 11.3 Å². The summed E-state index contributed by atoms with van der Waals surface area (Å²) in [6.45, 7) is 7.80. The van der Waals surface area contributed by atoms with Crippen LogP contribution in [0.3, 0.4) is 0 Å². The van der Waals surface area contributed by atoms with Crippen molar-refractivity contribution in [2.75, 3.05) is 0 Å². The molecule has 1 aliphatic rings. The topological polar surface area (TPSA) is 61.5 Å². The van der Waals surface area contributed by atoms with Gasteiger partial charge in [-0.05, 0) is 33.8 Å². The van der Waals surface area contributed by atoms with E-state index >= 15 is 0 Å². The summed E-state index contributed by atoms with van der Waals surface area (Å²) in [6.07, 6.45) is 0. The molecule has 18 heavy (non-hydrogen) atoms. The van der Waals surface area contributed by atoms with E-state index in [2.05, 4.69) is 0 Å². The van der Waals surface area contributed by atoms with Crippen molar-refractivity contribution in [3.63, 3.8) is 0 Å². The molecule has 0 unspecified atom stereocenters. The lowest BCUT2D eigenvalue weighted by Gasteiger charge is -2.32. The highest BCUT2D eigenvalue weighted by Crippen LogP contribution is 2.37. The lowest BCUT2D eigenvalue weighted by Crippen LogP contribution is -2.41. The molecule has 1 aromatic heterocycles. The standard InChI is InChI=1S/C11H15BClNO3S/c1-10(2)11(3,4)17-12(16-10)6-5-7(13)18-8(6)9(14)15/h5H,1-4H3,(H2,14,15). The third-order valence-electron chi connectivity index (χ3n) is 3.46. The van der Waals surface area contributed by atoms with Crippen molar-refractivity contribution < 1.29 is 14.1 Å². The molecule has 1 aromatic rings. The number of amides is 1. The highest BCUT2D eigenvalue weighted by atomic mass is 35.5. The van der Waals surface area contributed by atoms with Crippen molar-refractivity contribution >= 4 is 41.4 Å². The number of thiophene rings is 1. The van der Waals surface area contributed by atoms with E-state index in [1.807, 2.05) is 27.7 Å². The Labute approximate surface area is 116 Å². The van der Waals surface area contributed by atoms with Gasteiger partial charge >= 0.3 is 7.12 Å². The van der Waals surface area contributed by atoms with E-state index in [-0.39, 0.29) is 0 Å². The minimum Gasteiger partial charge on any atom is -0.399 e. The fourth-order valence-electron chi connectivity index (χ4n) is 1.71. The Morgan fingerprint density at radius 2 is 1.83 bits per heavy atom. The number of hydrogen-bond acceptors (Lipinski definition) is 4. The zero-order valence-electron chi connectivity index (χ0n) is 10.7. The van der Waals surface area contributed by atoms with E-state index in [1.54, 1.807) is 6.07 Å². The Morgan fingerprint density at radius 3 is 2.28 bits per heavy atom. The molecule has 2 rings (SSSR count). The summed E-state index contributed by atoms with van der Waals surface area (Å²) in [5.74, 6) is -0.517. The fourth-order valence-corrected chi connectivity index (χ4v) is 2.81. The molecule has 1 aliphatic heterocycles. The molecule has 1 saturated heterocycles. The Morgan fingerprint density at radius 1 is 1.33 bits per heavy atom. The molecule has 2 heterocycles. The van der Waals surface area contributed by atoms with Gasteiger partial charge in [0, 0.05) is 5.46 Å². The van der Waals surface area contributed by atoms with E-state index in [9.17, 15) is 4.79 Å². The predicted molar refractivity (Wildman–Crippen MR) is 73.6 cm³/mol. The van der Waals surface area contributed by atoms with E-state index in [0.717, 1.165) is 11.3 Å². The number of hydrogen-bond donors (Lipinski definition) is 1. The van der Waals surface area contributed by atoms with Crippen molar-refractivity contribution in [3.8, 4) is 0 Å². The number of nitrogens with two attached hydrogens (primary N) is 1. The maximum absolute atomic E-state index is 11.4. The van der Waals surface area contributed by atoms with Crippen LogP contribution in [0.4, 0.5) is 0 Å². The van der Waals surface area contributed by atoms with Gasteiger partial charge in [-0.2, -0.15) is 0 Å². The Kier molecular flexibility index (Phi) is 3.26. The van der Waals surface area contributed by atoms with E-state index < -0.39 is 24.2 Å². The second-order valence-corrected chi connectivity index (χ2v) is 6.97. The van der Waals surface area contributed by atoms with Crippen LogP contribution in [0.5, 0.6) is 0 Å². The van der Waals surface area contributed by atoms with Gasteiger partial charge in [0.1, 0.15) is 0 Å². The summed E-state index contributed by atoms with van der Waals surface area (Å²) in [7, 11) is -0.610. The second kappa shape index (κ2) is 4.23.